The Labute approximate surface area is 186 Å². The first kappa shape index (κ1) is 22.6. The highest BCUT2D eigenvalue weighted by molar-refractivity contribution is 6.21. The number of rotatable bonds is 7. The minimum absolute atomic E-state index is 0.110. The van der Waals surface area contributed by atoms with Crippen molar-refractivity contribution in [1.29, 1.82) is 0 Å². The van der Waals surface area contributed by atoms with Gasteiger partial charge in [-0.1, -0.05) is 35.9 Å². The minimum Gasteiger partial charge on any atom is -0.462 e. The molecule has 2 N–H and O–H groups in total. The van der Waals surface area contributed by atoms with Gasteiger partial charge >= 0.3 is 5.97 Å². The van der Waals surface area contributed by atoms with E-state index in [1.165, 1.54) is 10.9 Å². The van der Waals surface area contributed by atoms with Gasteiger partial charge in [0.15, 0.2) is 0 Å². The number of nitrogens with zero attached hydrogens (tertiary/aromatic N) is 2. The van der Waals surface area contributed by atoms with Gasteiger partial charge < -0.3 is 15.4 Å². The molecule has 8 heteroatoms. The molecular weight excluding hydrogens is 408 g/mol. The average Bonchev–Trinajstić information content (AvgIpc) is 2.99. The zero-order chi connectivity index (χ0) is 23.3. The number of ether oxygens (including phenoxy) is 1. The van der Waals surface area contributed by atoms with Crippen LogP contribution in [-0.2, 0) is 21.4 Å². The second-order valence-corrected chi connectivity index (χ2v) is 7.18. The molecular formula is C24H26N4O4. The Morgan fingerprint density at radius 1 is 1.03 bits per heavy atom. The van der Waals surface area contributed by atoms with Crippen LogP contribution >= 0.6 is 0 Å². The standard InChI is InChI=1S/C24H26N4O4/c1-5-32-24(31)20(22(29)26-18-13-11-16(2)12-14-18)15-25-21-17(3)27(4)28(23(21)30)19-9-7-6-8-10-19/h6-15,25H,5H2,1-4H3,(H,26,29). The minimum atomic E-state index is -0.790. The van der Waals surface area contributed by atoms with Crippen LogP contribution in [0.3, 0.4) is 0 Å². The molecule has 3 rings (SSSR count). The number of esters is 1. The second-order valence-electron chi connectivity index (χ2n) is 7.18. The Balaban J connectivity index is 1.93. The average molecular weight is 434 g/mol. The number of amides is 1. The quantitative estimate of drug-likeness (QED) is 0.258. The Morgan fingerprint density at radius 2 is 1.69 bits per heavy atom. The van der Waals surface area contributed by atoms with E-state index in [0.29, 0.717) is 17.1 Å². The van der Waals surface area contributed by atoms with E-state index in [4.69, 9.17) is 4.74 Å². The SMILES string of the molecule is CCOC(=O)C(=CNc1c(C)n(C)n(-c2ccccc2)c1=O)C(=O)Nc1ccc(C)cc1. The number of nitrogens with one attached hydrogen (secondary N) is 2. The summed E-state index contributed by atoms with van der Waals surface area (Å²) in [6, 6.07) is 16.4. The highest BCUT2D eigenvalue weighted by Gasteiger charge is 2.21. The lowest BCUT2D eigenvalue weighted by Gasteiger charge is -2.09. The summed E-state index contributed by atoms with van der Waals surface area (Å²) in [5.74, 6) is -1.43. The van der Waals surface area contributed by atoms with E-state index >= 15 is 0 Å². The normalized spacial score (nSPS) is 11.2. The largest absolute Gasteiger partial charge is 0.462 e. The van der Waals surface area contributed by atoms with Crippen LogP contribution < -0.4 is 16.2 Å². The van der Waals surface area contributed by atoms with Crippen molar-refractivity contribution in [3.05, 3.63) is 88.0 Å². The molecule has 0 aliphatic carbocycles. The number of hydrogen-bond donors (Lipinski definition) is 2. The van der Waals surface area contributed by atoms with E-state index in [-0.39, 0.29) is 23.4 Å². The number of aryl methyl sites for hydroxylation is 1. The lowest BCUT2D eigenvalue weighted by Crippen LogP contribution is -2.24. The van der Waals surface area contributed by atoms with Crippen LogP contribution in [0.5, 0.6) is 0 Å². The lowest BCUT2D eigenvalue weighted by molar-refractivity contribution is -0.139. The van der Waals surface area contributed by atoms with Gasteiger partial charge in [-0.2, -0.15) is 0 Å². The number of para-hydroxylation sites is 1. The third kappa shape index (κ3) is 4.80. The van der Waals surface area contributed by atoms with Crippen LogP contribution in [-0.4, -0.2) is 27.8 Å². The van der Waals surface area contributed by atoms with Gasteiger partial charge in [0.25, 0.3) is 11.5 Å². The van der Waals surface area contributed by atoms with E-state index in [1.54, 1.807) is 37.7 Å². The maximum atomic E-state index is 13.0. The first-order valence-electron chi connectivity index (χ1n) is 10.2. The number of hydrogen-bond acceptors (Lipinski definition) is 5. The molecule has 166 valence electrons. The van der Waals surface area contributed by atoms with Gasteiger partial charge in [0.1, 0.15) is 11.3 Å². The summed E-state index contributed by atoms with van der Waals surface area (Å²) in [5, 5.41) is 5.53. The van der Waals surface area contributed by atoms with Gasteiger partial charge in [-0.25, -0.2) is 9.48 Å². The number of carbonyl (C=O) groups is 2. The van der Waals surface area contributed by atoms with Gasteiger partial charge in [-0.3, -0.25) is 14.3 Å². The van der Waals surface area contributed by atoms with Crippen molar-refractivity contribution >= 4 is 23.3 Å². The van der Waals surface area contributed by atoms with E-state index in [1.807, 2.05) is 49.4 Å². The maximum Gasteiger partial charge on any atom is 0.345 e. The van der Waals surface area contributed by atoms with Gasteiger partial charge in [-0.05, 0) is 45.0 Å². The fraction of sp³-hybridized carbons (Fsp3) is 0.208. The molecule has 0 atom stereocenters. The molecule has 1 aromatic heterocycles. The molecule has 1 heterocycles. The number of anilines is 2. The summed E-state index contributed by atoms with van der Waals surface area (Å²) in [6.45, 7) is 5.47. The number of benzene rings is 2. The van der Waals surface area contributed by atoms with Crippen LogP contribution in [0.15, 0.2) is 71.2 Å². The van der Waals surface area contributed by atoms with Crippen molar-refractivity contribution in [2.75, 3.05) is 17.2 Å². The highest BCUT2D eigenvalue weighted by atomic mass is 16.5. The van der Waals surface area contributed by atoms with E-state index in [9.17, 15) is 14.4 Å². The molecule has 0 aliphatic heterocycles. The van der Waals surface area contributed by atoms with E-state index < -0.39 is 11.9 Å². The molecule has 0 radical (unpaired) electrons. The predicted octanol–water partition coefficient (Wildman–Crippen LogP) is 3.29. The summed E-state index contributed by atoms with van der Waals surface area (Å²) < 4.78 is 8.23. The Hall–Kier alpha value is -4.07. The molecule has 0 spiro atoms. The molecule has 1 amide bonds. The molecule has 0 saturated carbocycles. The third-order valence-corrected chi connectivity index (χ3v) is 4.96. The molecule has 32 heavy (non-hydrogen) atoms. The van der Waals surface area contributed by atoms with E-state index in [2.05, 4.69) is 10.6 Å². The van der Waals surface area contributed by atoms with Crippen LogP contribution in [0.25, 0.3) is 5.69 Å². The number of carbonyl (C=O) groups excluding carboxylic acids is 2. The van der Waals surface area contributed by atoms with Crippen molar-refractivity contribution in [2.24, 2.45) is 7.05 Å². The van der Waals surface area contributed by atoms with E-state index in [0.717, 1.165) is 5.56 Å². The van der Waals surface area contributed by atoms with Crippen molar-refractivity contribution in [2.45, 2.75) is 20.8 Å². The third-order valence-electron chi connectivity index (χ3n) is 4.96. The van der Waals surface area contributed by atoms with Crippen LogP contribution in [0, 0.1) is 13.8 Å². The molecule has 0 saturated heterocycles. The molecule has 0 aliphatic rings. The maximum absolute atomic E-state index is 13.0. The highest BCUT2D eigenvalue weighted by Crippen LogP contribution is 2.16. The summed E-state index contributed by atoms with van der Waals surface area (Å²) in [6.07, 6.45) is 1.21. The van der Waals surface area contributed by atoms with Crippen LogP contribution in [0.4, 0.5) is 11.4 Å². The van der Waals surface area contributed by atoms with Gasteiger partial charge in [-0.15, -0.1) is 0 Å². The Bertz CT molecular complexity index is 1210. The molecule has 8 nitrogen and oxygen atoms in total. The zero-order valence-corrected chi connectivity index (χ0v) is 18.5. The summed E-state index contributed by atoms with van der Waals surface area (Å²) in [4.78, 5) is 38.3. The lowest BCUT2D eigenvalue weighted by atomic mass is 10.2. The fourth-order valence-electron chi connectivity index (χ4n) is 3.14. The van der Waals surface area contributed by atoms with Gasteiger partial charge in [0.05, 0.1) is 18.0 Å². The molecule has 3 aromatic rings. The van der Waals surface area contributed by atoms with Crippen LogP contribution in [0.1, 0.15) is 18.2 Å². The van der Waals surface area contributed by atoms with Gasteiger partial charge in [0.2, 0.25) is 0 Å². The second kappa shape index (κ2) is 9.82. The molecule has 0 fully saturated rings. The van der Waals surface area contributed by atoms with Crippen molar-refractivity contribution < 1.29 is 14.3 Å². The van der Waals surface area contributed by atoms with Gasteiger partial charge in [0, 0.05) is 18.9 Å². The predicted molar refractivity (Wildman–Crippen MR) is 124 cm³/mol. The topological polar surface area (TPSA) is 94.4 Å². The summed E-state index contributed by atoms with van der Waals surface area (Å²) in [7, 11) is 1.76. The molecule has 0 bridgehead atoms. The van der Waals surface area contributed by atoms with Crippen molar-refractivity contribution in [3.8, 4) is 5.69 Å². The smallest absolute Gasteiger partial charge is 0.345 e. The number of aromatic nitrogens is 2. The Morgan fingerprint density at radius 3 is 2.31 bits per heavy atom. The van der Waals surface area contributed by atoms with Crippen molar-refractivity contribution in [3.63, 3.8) is 0 Å². The summed E-state index contributed by atoms with van der Waals surface area (Å²) >= 11 is 0. The molecule has 0 unspecified atom stereocenters. The Kier molecular flexibility index (Phi) is 6.94. The first-order valence-corrected chi connectivity index (χ1v) is 10.2. The van der Waals surface area contributed by atoms with Crippen molar-refractivity contribution in [1.82, 2.24) is 9.36 Å². The monoisotopic (exact) mass is 434 g/mol. The molecule has 2 aromatic carbocycles. The van der Waals surface area contributed by atoms with Crippen LogP contribution in [0.2, 0.25) is 0 Å². The zero-order valence-electron chi connectivity index (χ0n) is 18.5. The fourth-order valence-corrected chi connectivity index (χ4v) is 3.14. The summed E-state index contributed by atoms with van der Waals surface area (Å²) in [5.41, 5.74) is 2.61. The first-order chi connectivity index (χ1) is 15.3.